The van der Waals surface area contributed by atoms with Crippen LogP contribution in [0.4, 0.5) is 0 Å². The Morgan fingerprint density at radius 3 is 2.80 bits per heavy atom. The number of carbonyl (C=O) groups is 1. The van der Waals surface area contributed by atoms with Crippen molar-refractivity contribution < 1.29 is 19.4 Å². The molecule has 1 aromatic carbocycles. The van der Waals surface area contributed by atoms with Crippen LogP contribution in [-0.2, 0) is 9.53 Å². The van der Waals surface area contributed by atoms with Crippen molar-refractivity contribution in [3.8, 4) is 5.75 Å². The monoisotopic (exact) mass is 275 g/mol. The first kappa shape index (κ1) is 14.1. The van der Waals surface area contributed by atoms with Crippen molar-refractivity contribution in [2.75, 3.05) is 13.2 Å². The second-order valence-electron chi connectivity index (χ2n) is 4.42. The second kappa shape index (κ2) is 6.23. The van der Waals surface area contributed by atoms with Gasteiger partial charge in [0.1, 0.15) is 18.4 Å². The highest BCUT2D eigenvalue weighted by Gasteiger charge is 2.19. The molecule has 1 aliphatic rings. The summed E-state index contributed by atoms with van der Waals surface area (Å²) in [7, 11) is 0. The van der Waals surface area contributed by atoms with E-state index in [1.54, 1.807) is 13.0 Å². The molecule has 1 aromatic rings. The fraction of sp³-hybridized carbons (Fsp3) is 0.333. The molecule has 2 rings (SSSR count). The van der Waals surface area contributed by atoms with Gasteiger partial charge in [0.05, 0.1) is 6.61 Å². The predicted molar refractivity (Wildman–Crippen MR) is 75.3 cm³/mol. The highest BCUT2D eigenvalue weighted by Crippen LogP contribution is 2.17. The minimum atomic E-state index is -0.935. The Hall–Kier alpha value is -2.30. The molecule has 1 N–H and O–H groups in total. The number of carboxylic acids is 1. The van der Waals surface area contributed by atoms with Crippen molar-refractivity contribution in [2.24, 2.45) is 4.99 Å². The van der Waals surface area contributed by atoms with Crippen LogP contribution < -0.4 is 4.74 Å². The quantitative estimate of drug-likeness (QED) is 0.837. The summed E-state index contributed by atoms with van der Waals surface area (Å²) in [4.78, 5) is 15.1. The lowest BCUT2D eigenvalue weighted by atomic mass is 10.2. The van der Waals surface area contributed by atoms with Crippen LogP contribution in [0.2, 0.25) is 0 Å². The van der Waals surface area contributed by atoms with E-state index in [2.05, 4.69) is 4.99 Å². The van der Waals surface area contributed by atoms with E-state index < -0.39 is 5.97 Å². The van der Waals surface area contributed by atoms with E-state index in [0.29, 0.717) is 19.1 Å². The highest BCUT2D eigenvalue weighted by molar-refractivity contribution is 5.95. The average Bonchev–Trinajstić information content (AvgIpc) is 2.88. The lowest BCUT2D eigenvalue weighted by Gasteiger charge is -2.04. The molecule has 1 unspecified atom stereocenters. The van der Waals surface area contributed by atoms with Gasteiger partial charge in [-0.15, -0.1) is 0 Å². The lowest BCUT2D eigenvalue weighted by Crippen LogP contribution is -2.06. The van der Waals surface area contributed by atoms with Gasteiger partial charge < -0.3 is 14.6 Å². The zero-order valence-corrected chi connectivity index (χ0v) is 11.5. The number of aliphatic carboxylic acids is 1. The molecule has 1 aliphatic heterocycles. The SMILES string of the molecule is CCOc1ccc(C2=NC(C=C(C)C(=O)O)CO2)cc1. The number of carboxylic acid groups (broad SMARTS) is 1. The molecule has 0 fully saturated rings. The number of benzene rings is 1. The number of hydrogen-bond acceptors (Lipinski definition) is 4. The van der Waals surface area contributed by atoms with Crippen LogP contribution in [0.3, 0.4) is 0 Å². The third-order valence-electron chi connectivity index (χ3n) is 2.87. The Bertz CT molecular complexity index is 545. The summed E-state index contributed by atoms with van der Waals surface area (Å²) in [6.07, 6.45) is 1.60. The molecule has 1 heterocycles. The first-order valence-electron chi connectivity index (χ1n) is 6.45. The van der Waals surface area contributed by atoms with Crippen molar-refractivity contribution in [3.63, 3.8) is 0 Å². The van der Waals surface area contributed by atoms with Gasteiger partial charge in [0.25, 0.3) is 0 Å². The molecular formula is C15H17NO4. The van der Waals surface area contributed by atoms with Gasteiger partial charge in [-0.05, 0) is 44.2 Å². The third-order valence-corrected chi connectivity index (χ3v) is 2.87. The van der Waals surface area contributed by atoms with Gasteiger partial charge in [-0.3, -0.25) is 0 Å². The molecule has 0 amide bonds. The van der Waals surface area contributed by atoms with Gasteiger partial charge in [0.2, 0.25) is 5.90 Å². The second-order valence-corrected chi connectivity index (χ2v) is 4.42. The summed E-state index contributed by atoms with van der Waals surface area (Å²) in [5.74, 6) is 0.398. The van der Waals surface area contributed by atoms with Gasteiger partial charge in [0.15, 0.2) is 0 Å². The first-order valence-corrected chi connectivity index (χ1v) is 6.45. The summed E-state index contributed by atoms with van der Waals surface area (Å²) >= 11 is 0. The van der Waals surface area contributed by atoms with E-state index in [1.807, 2.05) is 31.2 Å². The molecule has 0 radical (unpaired) electrons. The van der Waals surface area contributed by atoms with Gasteiger partial charge in [-0.2, -0.15) is 0 Å². The molecule has 106 valence electrons. The van der Waals surface area contributed by atoms with Crippen molar-refractivity contribution in [1.82, 2.24) is 0 Å². The summed E-state index contributed by atoms with van der Waals surface area (Å²) in [6.45, 7) is 4.47. The van der Waals surface area contributed by atoms with Gasteiger partial charge in [0, 0.05) is 11.1 Å². The molecule has 5 heteroatoms. The van der Waals surface area contributed by atoms with Crippen molar-refractivity contribution in [1.29, 1.82) is 0 Å². The summed E-state index contributed by atoms with van der Waals surface area (Å²) < 4.78 is 10.9. The van der Waals surface area contributed by atoms with Gasteiger partial charge in [-0.1, -0.05) is 0 Å². The number of aliphatic imine (C=N–C) groups is 1. The Morgan fingerprint density at radius 2 is 2.20 bits per heavy atom. The largest absolute Gasteiger partial charge is 0.494 e. The van der Waals surface area contributed by atoms with Crippen LogP contribution >= 0.6 is 0 Å². The smallest absolute Gasteiger partial charge is 0.331 e. The van der Waals surface area contributed by atoms with Crippen molar-refractivity contribution in [3.05, 3.63) is 41.5 Å². The molecule has 1 atom stereocenters. The maximum Gasteiger partial charge on any atom is 0.331 e. The first-order chi connectivity index (χ1) is 9.60. The van der Waals surface area contributed by atoms with Crippen LogP contribution in [0.5, 0.6) is 5.75 Å². The zero-order valence-electron chi connectivity index (χ0n) is 11.5. The Balaban J connectivity index is 2.10. The van der Waals surface area contributed by atoms with Crippen LogP contribution in [0.1, 0.15) is 19.4 Å². The van der Waals surface area contributed by atoms with E-state index in [4.69, 9.17) is 14.6 Å². The molecule has 0 aromatic heterocycles. The summed E-state index contributed by atoms with van der Waals surface area (Å²) in [6, 6.07) is 7.22. The molecule has 0 aliphatic carbocycles. The summed E-state index contributed by atoms with van der Waals surface area (Å²) in [5, 5.41) is 8.83. The Kier molecular flexibility index (Phi) is 4.40. The number of ether oxygens (including phenoxy) is 2. The molecule has 0 saturated heterocycles. The third kappa shape index (κ3) is 3.38. The van der Waals surface area contributed by atoms with E-state index in [0.717, 1.165) is 11.3 Å². The molecule has 5 nitrogen and oxygen atoms in total. The topological polar surface area (TPSA) is 68.1 Å². The number of rotatable bonds is 5. The van der Waals surface area contributed by atoms with Gasteiger partial charge >= 0.3 is 5.97 Å². The van der Waals surface area contributed by atoms with E-state index in [-0.39, 0.29) is 11.6 Å². The number of hydrogen-bond donors (Lipinski definition) is 1. The highest BCUT2D eigenvalue weighted by atomic mass is 16.5. The maximum absolute atomic E-state index is 10.8. The molecule has 0 spiro atoms. The Morgan fingerprint density at radius 1 is 1.50 bits per heavy atom. The standard InChI is InChI=1S/C15H17NO4/c1-3-19-13-6-4-11(5-7-13)14-16-12(9-20-14)8-10(2)15(17)18/h4-8,12H,3,9H2,1-2H3,(H,17,18). The van der Waals surface area contributed by atoms with E-state index >= 15 is 0 Å². The van der Waals surface area contributed by atoms with Crippen LogP contribution in [0.25, 0.3) is 0 Å². The van der Waals surface area contributed by atoms with Crippen molar-refractivity contribution >= 4 is 11.9 Å². The fourth-order valence-electron chi connectivity index (χ4n) is 1.85. The fourth-order valence-corrected chi connectivity index (χ4v) is 1.85. The van der Waals surface area contributed by atoms with Crippen LogP contribution in [0, 0.1) is 0 Å². The van der Waals surface area contributed by atoms with Gasteiger partial charge in [-0.25, -0.2) is 9.79 Å². The molecular weight excluding hydrogens is 258 g/mol. The van der Waals surface area contributed by atoms with E-state index in [9.17, 15) is 4.79 Å². The average molecular weight is 275 g/mol. The van der Waals surface area contributed by atoms with Crippen molar-refractivity contribution in [2.45, 2.75) is 19.9 Å². The Labute approximate surface area is 117 Å². The zero-order chi connectivity index (χ0) is 14.5. The predicted octanol–water partition coefficient (Wildman–Crippen LogP) is 2.26. The number of nitrogens with zero attached hydrogens (tertiary/aromatic N) is 1. The maximum atomic E-state index is 10.8. The molecule has 20 heavy (non-hydrogen) atoms. The summed E-state index contributed by atoms with van der Waals surface area (Å²) in [5.41, 5.74) is 1.13. The molecule has 0 bridgehead atoms. The minimum Gasteiger partial charge on any atom is -0.494 e. The van der Waals surface area contributed by atoms with E-state index in [1.165, 1.54) is 0 Å². The molecule has 0 saturated carbocycles. The normalized spacial score (nSPS) is 18.4. The van der Waals surface area contributed by atoms with Crippen LogP contribution in [-0.4, -0.2) is 36.2 Å². The van der Waals surface area contributed by atoms with Crippen LogP contribution in [0.15, 0.2) is 40.9 Å². The minimum absolute atomic E-state index is 0.243. The lowest BCUT2D eigenvalue weighted by molar-refractivity contribution is -0.132.